The van der Waals surface area contributed by atoms with Crippen molar-refractivity contribution in [1.82, 2.24) is 4.90 Å². The number of hydrogen-bond donors (Lipinski definition) is 1. The lowest BCUT2D eigenvalue weighted by Crippen LogP contribution is -2.41. The summed E-state index contributed by atoms with van der Waals surface area (Å²) in [7, 11) is 0. The van der Waals surface area contributed by atoms with Gasteiger partial charge in [-0.1, -0.05) is 0 Å². The topological polar surface area (TPSA) is 29.3 Å². The predicted molar refractivity (Wildman–Crippen MR) is 61.2 cm³/mol. The zero-order valence-corrected chi connectivity index (χ0v) is 9.65. The molecule has 78 valence electrons. The molecule has 0 spiro atoms. The first-order valence-electron chi connectivity index (χ1n) is 5.27. The van der Waals surface area contributed by atoms with Crippen LogP contribution in [0.2, 0.25) is 0 Å². The molecule has 2 atom stereocenters. The zero-order valence-electron chi connectivity index (χ0n) is 8.83. The summed E-state index contributed by atoms with van der Waals surface area (Å²) >= 11 is 2.08. The average Bonchev–Trinajstić information content (AvgIpc) is 2.08. The molecule has 1 saturated heterocycles. The highest BCUT2D eigenvalue weighted by Crippen LogP contribution is 2.16. The Kier molecular flexibility index (Phi) is 5.14. The second-order valence-electron chi connectivity index (χ2n) is 4.08. The van der Waals surface area contributed by atoms with Crippen LogP contribution in [0.4, 0.5) is 0 Å². The minimum Gasteiger partial charge on any atom is -0.328 e. The van der Waals surface area contributed by atoms with Crippen molar-refractivity contribution in [3.05, 3.63) is 0 Å². The molecule has 2 unspecified atom stereocenters. The van der Waals surface area contributed by atoms with E-state index in [1.807, 2.05) is 0 Å². The van der Waals surface area contributed by atoms with E-state index in [-0.39, 0.29) is 0 Å². The molecule has 1 aliphatic rings. The monoisotopic (exact) mass is 202 g/mol. The SMILES string of the molecule is CC(N)CCCN1CCSCC1C. The molecule has 13 heavy (non-hydrogen) atoms. The Morgan fingerprint density at radius 1 is 1.62 bits per heavy atom. The molecule has 1 heterocycles. The summed E-state index contributed by atoms with van der Waals surface area (Å²) in [6, 6.07) is 1.14. The third-order valence-electron chi connectivity index (χ3n) is 2.61. The van der Waals surface area contributed by atoms with E-state index in [1.54, 1.807) is 0 Å². The van der Waals surface area contributed by atoms with Gasteiger partial charge in [0.15, 0.2) is 0 Å². The number of nitrogens with zero attached hydrogens (tertiary/aromatic N) is 1. The second kappa shape index (κ2) is 5.89. The van der Waals surface area contributed by atoms with Crippen LogP contribution in [0.1, 0.15) is 26.7 Å². The van der Waals surface area contributed by atoms with Crippen LogP contribution in [-0.4, -0.2) is 41.6 Å². The summed E-state index contributed by atoms with van der Waals surface area (Å²) in [6.45, 7) is 6.93. The van der Waals surface area contributed by atoms with Crippen molar-refractivity contribution in [1.29, 1.82) is 0 Å². The summed E-state index contributed by atoms with van der Waals surface area (Å²) < 4.78 is 0. The normalized spacial score (nSPS) is 27.5. The largest absolute Gasteiger partial charge is 0.328 e. The molecular weight excluding hydrogens is 180 g/mol. The highest BCUT2D eigenvalue weighted by atomic mass is 32.2. The Morgan fingerprint density at radius 2 is 2.38 bits per heavy atom. The van der Waals surface area contributed by atoms with Crippen molar-refractivity contribution in [3.8, 4) is 0 Å². The van der Waals surface area contributed by atoms with Gasteiger partial charge in [-0.25, -0.2) is 0 Å². The quantitative estimate of drug-likeness (QED) is 0.750. The molecule has 2 N–H and O–H groups in total. The maximum atomic E-state index is 5.72. The van der Waals surface area contributed by atoms with Crippen LogP contribution in [0.5, 0.6) is 0 Å². The Morgan fingerprint density at radius 3 is 3.00 bits per heavy atom. The highest BCUT2D eigenvalue weighted by molar-refractivity contribution is 7.99. The molecule has 0 amide bonds. The van der Waals surface area contributed by atoms with E-state index in [0.717, 1.165) is 12.5 Å². The van der Waals surface area contributed by atoms with Gasteiger partial charge in [0.2, 0.25) is 0 Å². The minimum absolute atomic E-state index is 0.370. The third-order valence-corrected chi connectivity index (χ3v) is 3.80. The first-order valence-corrected chi connectivity index (χ1v) is 6.43. The first kappa shape index (κ1) is 11.3. The number of nitrogens with two attached hydrogens (primary N) is 1. The van der Waals surface area contributed by atoms with Crippen molar-refractivity contribution in [2.75, 3.05) is 24.6 Å². The van der Waals surface area contributed by atoms with E-state index in [1.165, 1.54) is 31.0 Å². The van der Waals surface area contributed by atoms with Crippen LogP contribution in [0, 0.1) is 0 Å². The molecule has 3 heteroatoms. The van der Waals surface area contributed by atoms with Gasteiger partial charge in [-0.3, -0.25) is 4.90 Å². The van der Waals surface area contributed by atoms with Crippen molar-refractivity contribution < 1.29 is 0 Å². The second-order valence-corrected chi connectivity index (χ2v) is 5.23. The Labute approximate surface area is 86.2 Å². The van der Waals surface area contributed by atoms with Crippen LogP contribution in [0.15, 0.2) is 0 Å². The lowest BCUT2D eigenvalue weighted by atomic mass is 10.2. The molecule has 1 rings (SSSR count). The number of thioether (sulfide) groups is 1. The van der Waals surface area contributed by atoms with Gasteiger partial charge in [0, 0.05) is 30.1 Å². The van der Waals surface area contributed by atoms with E-state index in [4.69, 9.17) is 5.73 Å². The molecule has 2 nitrogen and oxygen atoms in total. The van der Waals surface area contributed by atoms with Gasteiger partial charge >= 0.3 is 0 Å². The number of rotatable bonds is 4. The fourth-order valence-electron chi connectivity index (χ4n) is 1.71. The Bertz CT molecular complexity index is 139. The zero-order chi connectivity index (χ0) is 9.68. The molecule has 0 saturated carbocycles. The van der Waals surface area contributed by atoms with Crippen molar-refractivity contribution in [3.63, 3.8) is 0 Å². The van der Waals surface area contributed by atoms with Crippen LogP contribution >= 0.6 is 11.8 Å². The maximum absolute atomic E-state index is 5.72. The van der Waals surface area contributed by atoms with Crippen LogP contribution in [0.25, 0.3) is 0 Å². The molecule has 0 bridgehead atoms. The molecule has 1 fully saturated rings. The lowest BCUT2D eigenvalue weighted by molar-refractivity contribution is 0.226. The summed E-state index contributed by atoms with van der Waals surface area (Å²) in [5, 5.41) is 0. The average molecular weight is 202 g/mol. The van der Waals surface area contributed by atoms with Crippen molar-refractivity contribution >= 4 is 11.8 Å². The molecule has 0 aromatic heterocycles. The Balaban J connectivity index is 2.11. The van der Waals surface area contributed by atoms with Crippen LogP contribution < -0.4 is 5.73 Å². The molecule has 1 aliphatic heterocycles. The summed E-state index contributed by atoms with van der Waals surface area (Å²) in [5.74, 6) is 2.61. The van der Waals surface area contributed by atoms with Gasteiger partial charge in [-0.05, 0) is 33.2 Å². The smallest absolute Gasteiger partial charge is 0.0158 e. The maximum Gasteiger partial charge on any atom is 0.0158 e. The standard InChI is InChI=1S/C10H22N2S/c1-9(11)4-3-5-12-6-7-13-8-10(12)2/h9-10H,3-8,11H2,1-2H3. The van der Waals surface area contributed by atoms with Gasteiger partial charge in [-0.15, -0.1) is 0 Å². The summed E-state index contributed by atoms with van der Waals surface area (Å²) in [5.41, 5.74) is 5.72. The summed E-state index contributed by atoms with van der Waals surface area (Å²) in [6.07, 6.45) is 2.42. The molecule has 0 radical (unpaired) electrons. The predicted octanol–water partition coefficient (Wildman–Crippen LogP) is 1.55. The van der Waals surface area contributed by atoms with Gasteiger partial charge in [0.05, 0.1) is 0 Å². The van der Waals surface area contributed by atoms with E-state index in [0.29, 0.717) is 6.04 Å². The van der Waals surface area contributed by atoms with E-state index in [2.05, 4.69) is 30.5 Å². The molecule has 0 aliphatic carbocycles. The van der Waals surface area contributed by atoms with E-state index < -0.39 is 0 Å². The van der Waals surface area contributed by atoms with Gasteiger partial charge in [0.25, 0.3) is 0 Å². The van der Waals surface area contributed by atoms with Crippen LogP contribution in [-0.2, 0) is 0 Å². The molecular formula is C10H22N2S. The van der Waals surface area contributed by atoms with Gasteiger partial charge in [-0.2, -0.15) is 11.8 Å². The highest BCUT2D eigenvalue weighted by Gasteiger charge is 2.17. The molecule has 0 aromatic carbocycles. The van der Waals surface area contributed by atoms with Gasteiger partial charge in [0.1, 0.15) is 0 Å². The Hall–Kier alpha value is 0.270. The number of hydrogen-bond acceptors (Lipinski definition) is 3. The van der Waals surface area contributed by atoms with E-state index in [9.17, 15) is 0 Å². The van der Waals surface area contributed by atoms with Crippen molar-refractivity contribution in [2.24, 2.45) is 5.73 Å². The van der Waals surface area contributed by atoms with Crippen LogP contribution in [0.3, 0.4) is 0 Å². The lowest BCUT2D eigenvalue weighted by Gasteiger charge is -2.33. The fraction of sp³-hybridized carbons (Fsp3) is 1.00. The molecule has 0 aromatic rings. The first-order chi connectivity index (χ1) is 6.20. The fourth-order valence-corrected chi connectivity index (χ4v) is 2.79. The minimum atomic E-state index is 0.370. The third kappa shape index (κ3) is 4.34. The van der Waals surface area contributed by atoms with Crippen molar-refractivity contribution in [2.45, 2.75) is 38.8 Å². The van der Waals surface area contributed by atoms with E-state index >= 15 is 0 Å². The summed E-state index contributed by atoms with van der Waals surface area (Å²) in [4.78, 5) is 2.60. The van der Waals surface area contributed by atoms with Gasteiger partial charge < -0.3 is 5.73 Å².